The molecule has 2 atom stereocenters. The Hall–Kier alpha value is -1.64. The SMILES string of the molecule is Cc1ncoc1-c1nnc(SCCCN2C[C@H]3C[C@@]3(c3ccc(Br)cc3)C2)n1C. The van der Waals surface area contributed by atoms with E-state index in [2.05, 4.69) is 60.3 Å². The lowest BCUT2D eigenvalue weighted by Gasteiger charge is -2.21. The number of likely N-dealkylation sites (tertiary alicyclic amines) is 1. The lowest BCUT2D eigenvalue weighted by molar-refractivity contribution is 0.299. The summed E-state index contributed by atoms with van der Waals surface area (Å²) in [5.74, 6) is 3.30. The second-order valence-corrected chi connectivity index (χ2v) is 10.1. The van der Waals surface area contributed by atoms with Gasteiger partial charge in [-0.25, -0.2) is 4.98 Å². The summed E-state index contributed by atoms with van der Waals surface area (Å²) in [5, 5.41) is 9.54. The first-order chi connectivity index (χ1) is 14.1. The highest BCUT2D eigenvalue weighted by molar-refractivity contribution is 9.10. The highest BCUT2D eigenvalue weighted by Gasteiger charge is 2.60. The van der Waals surface area contributed by atoms with Crippen LogP contribution in [0.3, 0.4) is 0 Å². The van der Waals surface area contributed by atoms with Gasteiger partial charge in [-0.15, -0.1) is 10.2 Å². The number of hydrogen-bond donors (Lipinski definition) is 0. The summed E-state index contributed by atoms with van der Waals surface area (Å²) in [4.78, 5) is 6.78. The zero-order chi connectivity index (χ0) is 20.0. The van der Waals surface area contributed by atoms with Crippen LogP contribution in [0.4, 0.5) is 0 Å². The third-order valence-electron chi connectivity index (χ3n) is 6.27. The summed E-state index contributed by atoms with van der Waals surface area (Å²) < 4.78 is 8.60. The highest BCUT2D eigenvalue weighted by atomic mass is 79.9. The third-order valence-corrected chi connectivity index (χ3v) is 7.90. The number of hydrogen-bond acceptors (Lipinski definition) is 6. The molecule has 3 heterocycles. The Morgan fingerprint density at radius 1 is 1.28 bits per heavy atom. The van der Waals surface area contributed by atoms with Crippen LogP contribution < -0.4 is 0 Å². The largest absolute Gasteiger partial charge is 0.440 e. The van der Waals surface area contributed by atoms with E-state index in [1.54, 1.807) is 11.8 Å². The quantitative estimate of drug-likeness (QED) is 0.376. The van der Waals surface area contributed by atoms with Crippen LogP contribution in [0, 0.1) is 12.8 Å². The number of halogens is 1. The van der Waals surface area contributed by atoms with Gasteiger partial charge in [-0.3, -0.25) is 0 Å². The molecule has 5 rings (SSSR count). The molecule has 0 radical (unpaired) electrons. The van der Waals surface area contributed by atoms with Crippen LogP contribution in [-0.4, -0.2) is 50.0 Å². The van der Waals surface area contributed by atoms with E-state index >= 15 is 0 Å². The lowest BCUT2D eigenvalue weighted by Crippen LogP contribution is -2.27. The van der Waals surface area contributed by atoms with Gasteiger partial charge in [0.1, 0.15) is 0 Å². The molecule has 0 N–H and O–H groups in total. The van der Waals surface area contributed by atoms with E-state index in [1.807, 2.05) is 18.5 Å². The van der Waals surface area contributed by atoms with E-state index in [0.29, 0.717) is 11.2 Å². The van der Waals surface area contributed by atoms with Crippen LogP contribution in [0.2, 0.25) is 0 Å². The van der Waals surface area contributed by atoms with E-state index in [4.69, 9.17) is 4.42 Å². The van der Waals surface area contributed by atoms with Gasteiger partial charge in [-0.1, -0.05) is 39.8 Å². The van der Waals surface area contributed by atoms with Crippen LogP contribution in [0.15, 0.2) is 44.7 Å². The molecule has 8 heteroatoms. The molecule has 0 amide bonds. The molecule has 1 saturated carbocycles. The van der Waals surface area contributed by atoms with Gasteiger partial charge < -0.3 is 13.9 Å². The molecule has 1 aliphatic heterocycles. The molecule has 1 aliphatic carbocycles. The van der Waals surface area contributed by atoms with Crippen molar-refractivity contribution in [1.82, 2.24) is 24.6 Å². The van der Waals surface area contributed by atoms with Gasteiger partial charge in [0, 0.05) is 35.8 Å². The number of benzene rings is 1. The average Bonchev–Trinajstić information content (AvgIpc) is 3.02. The Morgan fingerprint density at radius 3 is 2.86 bits per heavy atom. The van der Waals surface area contributed by atoms with Crippen LogP contribution in [0.1, 0.15) is 24.1 Å². The van der Waals surface area contributed by atoms with Gasteiger partial charge in [0.15, 0.2) is 17.3 Å². The number of rotatable bonds is 7. The number of nitrogens with zero attached hydrogens (tertiary/aromatic N) is 5. The summed E-state index contributed by atoms with van der Waals surface area (Å²) >= 11 is 5.31. The maximum absolute atomic E-state index is 5.45. The molecule has 2 fully saturated rings. The summed E-state index contributed by atoms with van der Waals surface area (Å²) in [6.07, 6.45) is 3.95. The van der Waals surface area contributed by atoms with Crippen LogP contribution >= 0.6 is 27.7 Å². The molecule has 152 valence electrons. The zero-order valence-electron chi connectivity index (χ0n) is 16.6. The number of aromatic nitrogens is 4. The fraction of sp³-hybridized carbons (Fsp3) is 0.476. The van der Waals surface area contributed by atoms with Gasteiger partial charge in [0.05, 0.1) is 5.69 Å². The van der Waals surface area contributed by atoms with E-state index in [0.717, 1.165) is 45.8 Å². The van der Waals surface area contributed by atoms with Crippen LogP contribution in [0.25, 0.3) is 11.6 Å². The minimum absolute atomic E-state index is 0.418. The van der Waals surface area contributed by atoms with E-state index in [1.165, 1.54) is 31.5 Å². The first-order valence-electron chi connectivity index (χ1n) is 9.98. The van der Waals surface area contributed by atoms with Gasteiger partial charge in [0.25, 0.3) is 0 Å². The molecule has 3 aromatic rings. The van der Waals surface area contributed by atoms with Crippen LogP contribution in [0.5, 0.6) is 0 Å². The minimum atomic E-state index is 0.418. The normalized spacial score (nSPS) is 23.5. The summed E-state index contributed by atoms with van der Waals surface area (Å²) in [6.45, 7) is 5.50. The molecule has 0 bridgehead atoms. The number of oxazole rings is 1. The molecule has 0 spiro atoms. The van der Waals surface area contributed by atoms with Gasteiger partial charge in [-0.2, -0.15) is 0 Å². The van der Waals surface area contributed by atoms with Crippen molar-refractivity contribution >= 4 is 27.7 Å². The Balaban J connectivity index is 1.13. The fourth-order valence-corrected chi connectivity index (χ4v) is 5.69. The van der Waals surface area contributed by atoms with Crippen molar-refractivity contribution in [3.63, 3.8) is 0 Å². The summed E-state index contributed by atoms with van der Waals surface area (Å²) in [5.41, 5.74) is 2.77. The number of aryl methyl sites for hydroxylation is 1. The first kappa shape index (κ1) is 19.3. The average molecular weight is 474 g/mol. The van der Waals surface area contributed by atoms with Crippen molar-refractivity contribution in [3.05, 3.63) is 46.4 Å². The van der Waals surface area contributed by atoms with Crippen molar-refractivity contribution < 1.29 is 4.42 Å². The smallest absolute Gasteiger partial charge is 0.202 e. The monoisotopic (exact) mass is 473 g/mol. The Kier molecular flexibility index (Phi) is 5.04. The van der Waals surface area contributed by atoms with E-state index in [9.17, 15) is 0 Å². The number of piperidine rings is 1. The molecule has 1 saturated heterocycles. The maximum Gasteiger partial charge on any atom is 0.202 e. The van der Waals surface area contributed by atoms with Crippen molar-refractivity contribution in [2.24, 2.45) is 13.0 Å². The molecule has 2 aliphatic rings. The third kappa shape index (κ3) is 3.55. The van der Waals surface area contributed by atoms with Gasteiger partial charge >= 0.3 is 0 Å². The molecule has 29 heavy (non-hydrogen) atoms. The second kappa shape index (κ2) is 7.56. The zero-order valence-corrected chi connectivity index (χ0v) is 19.0. The second-order valence-electron chi connectivity index (χ2n) is 8.13. The van der Waals surface area contributed by atoms with Crippen molar-refractivity contribution in [2.75, 3.05) is 25.4 Å². The topological polar surface area (TPSA) is 60.0 Å². The maximum atomic E-state index is 5.45. The first-order valence-corrected chi connectivity index (χ1v) is 11.8. The molecule has 6 nitrogen and oxygen atoms in total. The predicted octanol–water partition coefficient (Wildman–Crippen LogP) is 4.30. The van der Waals surface area contributed by atoms with Crippen molar-refractivity contribution in [3.8, 4) is 11.6 Å². The number of thioether (sulfide) groups is 1. The minimum Gasteiger partial charge on any atom is -0.440 e. The Bertz CT molecular complexity index is 1020. The highest BCUT2D eigenvalue weighted by Crippen LogP contribution is 2.59. The Labute approximate surface area is 183 Å². The standard InChI is InChI=1S/C21H24BrN5OS/c1-14-18(28-13-23-14)19-24-25-20(26(19)2)29-9-3-8-27-11-16-10-21(16,12-27)15-4-6-17(22)7-5-15/h4-7,13,16H,3,8-12H2,1-2H3/t16-,21+/m1/s1. The molecular weight excluding hydrogens is 450 g/mol. The van der Waals surface area contributed by atoms with Crippen molar-refractivity contribution in [1.29, 1.82) is 0 Å². The summed E-state index contributed by atoms with van der Waals surface area (Å²) in [6, 6.07) is 8.94. The van der Waals surface area contributed by atoms with Crippen LogP contribution in [-0.2, 0) is 12.5 Å². The lowest BCUT2D eigenvalue weighted by atomic mass is 9.95. The van der Waals surface area contributed by atoms with Crippen molar-refractivity contribution in [2.45, 2.75) is 30.3 Å². The molecular formula is C21H24BrN5OS. The van der Waals surface area contributed by atoms with E-state index in [-0.39, 0.29) is 0 Å². The summed E-state index contributed by atoms with van der Waals surface area (Å²) in [7, 11) is 1.98. The van der Waals surface area contributed by atoms with Gasteiger partial charge in [0.2, 0.25) is 5.82 Å². The fourth-order valence-electron chi connectivity index (χ4n) is 4.59. The van der Waals surface area contributed by atoms with E-state index < -0.39 is 0 Å². The predicted molar refractivity (Wildman–Crippen MR) is 117 cm³/mol. The van der Waals surface area contributed by atoms with Gasteiger partial charge in [-0.05, 0) is 49.9 Å². The Morgan fingerprint density at radius 2 is 2.10 bits per heavy atom. The molecule has 2 aromatic heterocycles. The number of fused-ring (bicyclic) bond motifs is 1. The molecule has 1 aromatic carbocycles. The molecule has 0 unspecified atom stereocenters.